The van der Waals surface area contributed by atoms with Crippen LogP contribution in [-0.2, 0) is 0 Å². The number of aryl methyl sites for hydroxylation is 1. The van der Waals surface area contributed by atoms with Crippen molar-refractivity contribution in [2.45, 2.75) is 12.1 Å². The first-order valence-corrected chi connectivity index (χ1v) is 10.0. The third-order valence-electron chi connectivity index (χ3n) is 4.16. The summed E-state index contributed by atoms with van der Waals surface area (Å²) >= 11 is 1.63. The molecule has 140 valence electrons. The van der Waals surface area contributed by atoms with E-state index in [0.717, 1.165) is 33.7 Å². The summed E-state index contributed by atoms with van der Waals surface area (Å²) < 4.78 is 7.94. The molecule has 5 nitrogen and oxygen atoms in total. The minimum Gasteiger partial charge on any atom is -0.493 e. The Bertz CT molecular complexity index is 1030. The Morgan fingerprint density at radius 1 is 0.929 bits per heavy atom. The van der Waals surface area contributed by atoms with E-state index in [2.05, 4.69) is 44.9 Å². The molecule has 0 saturated heterocycles. The van der Waals surface area contributed by atoms with Gasteiger partial charge in [0.2, 0.25) is 0 Å². The van der Waals surface area contributed by atoms with Crippen LogP contribution in [0, 0.1) is 6.92 Å². The van der Waals surface area contributed by atoms with Crippen molar-refractivity contribution in [3.8, 4) is 22.8 Å². The van der Waals surface area contributed by atoms with E-state index >= 15 is 0 Å². The Balaban J connectivity index is 1.53. The van der Waals surface area contributed by atoms with Gasteiger partial charge in [-0.05, 0) is 48.9 Å². The first-order chi connectivity index (χ1) is 13.8. The number of nitrogens with zero attached hydrogens (tertiary/aromatic N) is 4. The van der Waals surface area contributed by atoms with Gasteiger partial charge in [-0.2, -0.15) is 0 Å². The van der Waals surface area contributed by atoms with Crippen LogP contribution in [0.25, 0.3) is 17.1 Å². The maximum Gasteiger partial charge on any atom is 0.196 e. The van der Waals surface area contributed by atoms with Crippen LogP contribution in [0.1, 0.15) is 5.56 Å². The van der Waals surface area contributed by atoms with Crippen molar-refractivity contribution in [3.05, 3.63) is 84.7 Å². The zero-order valence-electron chi connectivity index (χ0n) is 15.5. The zero-order valence-corrected chi connectivity index (χ0v) is 16.3. The van der Waals surface area contributed by atoms with Gasteiger partial charge in [0.15, 0.2) is 11.0 Å². The molecule has 4 aromatic rings. The highest BCUT2D eigenvalue weighted by Gasteiger charge is 2.15. The monoisotopic (exact) mass is 388 g/mol. The molecule has 6 heteroatoms. The van der Waals surface area contributed by atoms with Gasteiger partial charge in [-0.1, -0.05) is 42.1 Å². The minimum absolute atomic E-state index is 0.598. The van der Waals surface area contributed by atoms with Gasteiger partial charge in [0, 0.05) is 29.4 Å². The highest BCUT2D eigenvalue weighted by molar-refractivity contribution is 7.99. The van der Waals surface area contributed by atoms with Gasteiger partial charge in [0.25, 0.3) is 0 Å². The van der Waals surface area contributed by atoms with Crippen molar-refractivity contribution in [2.24, 2.45) is 0 Å². The van der Waals surface area contributed by atoms with Crippen LogP contribution in [0.5, 0.6) is 5.75 Å². The number of pyridine rings is 1. The molecular weight excluding hydrogens is 368 g/mol. The predicted molar refractivity (Wildman–Crippen MR) is 112 cm³/mol. The standard InChI is InChI=1S/C22H20N4OS/c1-17-6-5-9-20(16-17)27-14-15-28-22-25-24-21(18-10-12-23-13-11-18)26(22)19-7-3-2-4-8-19/h2-13,16H,14-15H2,1H3. The van der Waals surface area contributed by atoms with E-state index in [1.54, 1.807) is 24.2 Å². The third-order valence-corrected chi connectivity index (χ3v) is 5.05. The number of aromatic nitrogens is 4. The lowest BCUT2D eigenvalue weighted by Gasteiger charge is -2.10. The molecule has 0 radical (unpaired) electrons. The van der Waals surface area contributed by atoms with E-state index in [1.807, 2.05) is 48.5 Å². The third kappa shape index (κ3) is 4.23. The number of hydrogen-bond donors (Lipinski definition) is 0. The molecule has 0 bridgehead atoms. The Hall–Kier alpha value is -3.12. The molecule has 0 aliphatic heterocycles. The fourth-order valence-corrected chi connectivity index (χ4v) is 3.63. The van der Waals surface area contributed by atoms with Crippen LogP contribution < -0.4 is 4.74 Å². The average Bonchev–Trinajstić information content (AvgIpc) is 3.16. The van der Waals surface area contributed by atoms with Gasteiger partial charge in [0.05, 0.1) is 6.61 Å². The second-order valence-electron chi connectivity index (χ2n) is 6.23. The fraction of sp³-hybridized carbons (Fsp3) is 0.136. The summed E-state index contributed by atoms with van der Waals surface area (Å²) in [6.07, 6.45) is 3.53. The van der Waals surface area contributed by atoms with Crippen LogP contribution in [0.2, 0.25) is 0 Å². The maximum atomic E-state index is 5.86. The van der Waals surface area contributed by atoms with Crippen molar-refractivity contribution in [1.29, 1.82) is 0 Å². The fourth-order valence-electron chi connectivity index (χ4n) is 2.86. The average molecular weight is 388 g/mol. The molecule has 0 fully saturated rings. The van der Waals surface area contributed by atoms with Crippen LogP contribution in [-0.4, -0.2) is 32.1 Å². The van der Waals surface area contributed by atoms with Gasteiger partial charge in [0.1, 0.15) is 5.75 Å². The molecule has 2 aromatic carbocycles. The molecule has 4 rings (SSSR count). The lowest BCUT2D eigenvalue weighted by molar-refractivity contribution is 0.343. The van der Waals surface area contributed by atoms with Gasteiger partial charge in [-0.15, -0.1) is 10.2 Å². The summed E-state index contributed by atoms with van der Waals surface area (Å²) in [6.45, 7) is 2.66. The molecular formula is C22H20N4OS. The molecule has 28 heavy (non-hydrogen) atoms. The molecule has 0 N–H and O–H groups in total. The number of benzene rings is 2. The van der Waals surface area contributed by atoms with Crippen molar-refractivity contribution in [1.82, 2.24) is 19.7 Å². The van der Waals surface area contributed by atoms with E-state index in [-0.39, 0.29) is 0 Å². The summed E-state index contributed by atoms with van der Waals surface area (Å²) in [6, 6.07) is 22.1. The highest BCUT2D eigenvalue weighted by atomic mass is 32.2. The Morgan fingerprint density at radius 3 is 2.54 bits per heavy atom. The van der Waals surface area contributed by atoms with Gasteiger partial charge in [-0.3, -0.25) is 9.55 Å². The number of rotatable bonds is 7. The second-order valence-corrected chi connectivity index (χ2v) is 7.29. The largest absolute Gasteiger partial charge is 0.493 e. The molecule has 2 aromatic heterocycles. The van der Waals surface area contributed by atoms with E-state index in [0.29, 0.717) is 6.61 Å². The minimum atomic E-state index is 0.598. The SMILES string of the molecule is Cc1cccc(OCCSc2nnc(-c3ccncc3)n2-c2ccccc2)c1. The molecule has 0 spiro atoms. The molecule has 0 atom stereocenters. The predicted octanol–water partition coefficient (Wildman–Crippen LogP) is 4.81. The Kier molecular flexibility index (Phi) is 5.68. The summed E-state index contributed by atoms with van der Waals surface area (Å²) in [5.41, 5.74) is 3.20. The molecule has 0 amide bonds. The van der Waals surface area contributed by atoms with E-state index < -0.39 is 0 Å². The zero-order chi connectivity index (χ0) is 19.2. The first-order valence-electron chi connectivity index (χ1n) is 9.05. The van der Waals surface area contributed by atoms with Crippen LogP contribution in [0.3, 0.4) is 0 Å². The lowest BCUT2D eigenvalue weighted by atomic mass is 10.2. The van der Waals surface area contributed by atoms with Crippen LogP contribution in [0.15, 0.2) is 84.3 Å². The smallest absolute Gasteiger partial charge is 0.196 e. The topological polar surface area (TPSA) is 52.8 Å². The Morgan fingerprint density at radius 2 is 1.75 bits per heavy atom. The van der Waals surface area contributed by atoms with Crippen molar-refractivity contribution in [3.63, 3.8) is 0 Å². The number of thioether (sulfide) groups is 1. The van der Waals surface area contributed by atoms with Crippen LogP contribution >= 0.6 is 11.8 Å². The highest BCUT2D eigenvalue weighted by Crippen LogP contribution is 2.27. The molecule has 0 aliphatic rings. The summed E-state index contributed by atoms with van der Waals surface area (Å²) in [5, 5.41) is 9.70. The molecule has 0 saturated carbocycles. The summed E-state index contributed by atoms with van der Waals surface area (Å²) in [7, 11) is 0. The van der Waals surface area contributed by atoms with Gasteiger partial charge in [-0.25, -0.2) is 0 Å². The van der Waals surface area contributed by atoms with Crippen molar-refractivity contribution >= 4 is 11.8 Å². The second kappa shape index (κ2) is 8.71. The van der Waals surface area contributed by atoms with Gasteiger partial charge >= 0.3 is 0 Å². The lowest BCUT2D eigenvalue weighted by Crippen LogP contribution is -2.03. The summed E-state index contributed by atoms with van der Waals surface area (Å²) in [4.78, 5) is 4.10. The molecule has 0 unspecified atom stereocenters. The number of ether oxygens (including phenoxy) is 1. The quantitative estimate of drug-likeness (QED) is 0.336. The van der Waals surface area contributed by atoms with E-state index in [4.69, 9.17) is 4.74 Å². The molecule has 2 heterocycles. The molecule has 0 aliphatic carbocycles. The van der Waals surface area contributed by atoms with Crippen molar-refractivity contribution < 1.29 is 4.74 Å². The summed E-state index contributed by atoms with van der Waals surface area (Å²) in [5.74, 6) is 2.47. The number of para-hydroxylation sites is 1. The van der Waals surface area contributed by atoms with E-state index in [1.165, 1.54) is 5.56 Å². The van der Waals surface area contributed by atoms with Gasteiger partial charge < -0.3 is 4.74 Å². The maximum absolute atomic E-state index is 5.86. The van der Waals surface area contributed by atoms with Crippen molar-refractivity contribution in [2.75, 3.05) is 12.4 Å². The van der Waals surface area contributed by atoms with E-state index in [9.17, 15) is 0 Å². The number of hydrogen-bond acceptors (Lipinski definition) is 5. The first kappa shape index (κ1) is 18.3. The Labute approximate surface area is 168 Å². The van der Waals surface area contributed by atoms with Crippen LogP contribution in [0.4, 0.5) is 0 Å². The normalized spacial score (nSPS) is 10.8.